The van der Waals surface area contributed by atoms with E-state index in [1.807, 2.05) is 36.4 Å². The maximum Gasteiger partial charge on any atom is 0.166 e. The maximum absolute atomic E-state index is 8.75. The number of aliphatic hydroxyl groups excluding tert-OH is 1. The molecule has 0 aliphatic carbocycles. The highest BCUT2D eigenvalue weighted by atomic mass is 79.9. The molecule has 0 saturated heterocycles. The van der Waals surface area contributed by atoms with Crippen LogP contribution in [0.2, 0.25) is 0 Å². The standard InChI is InChI=1S/C20H27BrN2O3.2ClH/c1-25-19-13-18(21)12-17(14-23-9-5-8-22-10-11-24)20(19)26-15-16-6-3-2-4-7-16;;/h2-4,6-7,12-13,22-24H,5,8-11,14-15H2,1H3;2*1H. The third-order valence-electron chi connectivity index (χ3n) is 3.85. The van der Waals surface area contributed by atoms with Gasteiger partial charge < -0.3 is 25.2 Å². The van der Waals surface area contributed by atoms with Crippen LogP contribution in [-0.4, -0.2) is 38.5 Å². The summed E-state index contributed by atoms with van der Waals surface area (Å²) < 4.78 is 12.6. The monoisotopic (exact) mass is 494 g/mol. The van der Waals surface area contributed by atoms with Gasteiger partial charge in [0.25, 0.3) is 0 Å². The predicted octanol–water partition coefficient (Wildman–Crippen LogP) is 3.94. The van der Waals surface area contributed by atoms with Crippen molar-refractivity contribution in [2.24, 2.45) is 0 Å². The molecule has 5 nitrogen and oxygen atoms in total. The summed E-state index contributed by atoms with van der Waals surface area (Å²) in [6.07, 6.45) is 0.991. The number of rotatable bonds is 12. The first-order valence-electron chi connectivity index (χ1n) is 8.80. The second-order valence-corrected chi connectivity index (χ2v) is 6.79. The van der Waals surface area contributed by atoms with Gasteiger partial charge in [0.15, 0.2) is 11.5 Å². The van der Waals surface area contributed by atoms with Crippen molar-refractivity contribution in [2.75, 3.05) is 33.4 Å². The molecule has 0 fully saturated rings. The van der Waals surface area contributed by atoms with Crippen molar-refractivity contribution in [3.8, 4) is 11.5 Å². The molecule has 0 saturated carbocycles. The molecule has 0 radical (unpaired) electrons. The molecule has 0 aliphatic heterocycles. The highest BCUT2D eigenvalue weighted by Gasteiger charge is 2.13. The van der Waals surface area contributed by atoms with Gasteiger partial charge in [0.05, 0.1) is 13.7 Å². The maximum atomic E-state index is 8.75. The molecule has 3 N–H and O–H groups in total. The zero-order valence-corrected chi connectivity index (χ0v) is 19.2. The number of hydrogen-bond donors (Lipinski definition) is 3. The molecule has 0 unspecified atom stereocenters. The third kappa shape index (κ3) is 9.45. The Labute approximate surface area is 188 Å². The second-order valence-electron chi connectivity index (χ2n) is 5.87. The van der Waals surface area contributed by atoms with E-state index in [0.717, 1.165) is 46.6 Å². The van der Waals surface area contributed by atoms with Crippen LogP contribution in [0.3, 0.4) is 0 Å². The van der Waals surface area contributed by atoms with Crippen LogP contribution >= 0.6 is 40.7 Å². The molecular formula is C20H29BrCl2N2O3. The molecule has 0 aromatic heterocycles. The van der Waals surface area contributed by atoms with Crippen LogP contribution in [0.15, 0.2) is 46.9 Å². The number of halogens is 3. The van der Waals surface area contributed by atoms with Gasteiger partial charge >= 0.3 is 0 Å². The van der Waals surface area contributed by atoms with Crippen molar-refractivity contribution in [1.29, 1.82) is 0 Å². The first-order chi connectivity index (χ1) is 12.7. The van der Waals surface area contributed by atoms with Crippen molar-refractivity contribution < 1.29 is 14.6 Å². The smallest absolute Gasteiger partial charge is 0.166 e. The molecule has 2 rings (SSSR count). The van der Waals surface area contributed by atoms with Gasteiger partial charge in [-0.25, -0.2) is 0 Å². The lowest BCUT2D eigenvalue weighted by atomic mass is 10.1. The molecule has 2 aromatic rings. The Kier molecular flexibility index (Phi) is 15.3. The van der Waals surface area contributed by atoms with Gasteiger partial charge in [-0.1, -0.05) is 46.3 Å². The summed E-state index contributed by atoms with van der Waals surface area (Å²) in [6.45, 7) is 3.77. The normalized spacial score (nSPS) is 9.96. The van der Waals surface area contributed by atoms with Crippen molar-refractivity contribution in [2.45, 2.75) is 19.6 Å². The fraction of sp³-hybridized carbons (Fsp3) is 0.400. The van der Waals surface area contributed by atoms with Crippen LogP contribution < -0.4 is 20.1 Å². The highest BCUT2D eigenvalue weighted by Crippen LogP contribution is 2.35. The molecule has 8 heteroatoms. The van der Waals surface area contributed by atoms with Crippen LogP contribution in [0.25, 0.3) is 0 Å². The fourth-order valence-corrected chi connectivity index (χ4v) is 3.05. The van der Waals surface area contributed by atoms with Gasteiger partial charge in [0.2, 0.25) is 0 Å². The van der Waals surface area contributed by atoms with Gasteiger partial charge in [-0.05, 0) is 37.2 Å². The molecule has 0 aliphatic rings. The van der Waals surface area contributed by atoms with Gasteiger partial charge in [0, 0.05) is 23.1 Å². The third-order valence-corrected chi connectivity index (χ3v) is 4.31. The molecular weight excluding hydrogens is 467 g/mol. The molecule has 0 spiro atoms. The first-order valence-corrected chi connectivity index (χ1v) is 9.59. The Balaban J connectivity index is 0.00000364. The number of aliphatic hydroxyl groups is 1. The highest BCUT2D eigenvalue weighted by molar-refractivity contribution is 9.10. The topological polar surface area (TPSA) is 62.8 Å². The van der Waals surface area contributed by atoms with E-state index in [9.17, 15) is 0 Å². The van der Waals surface area contributed by atoms with Crippen LogP contribution in [0.5, 0.6) is 11.5 Å². The quantitative estimate of drug-likeness (QED) is 0.389. The summed E-state index contributed by atoms with van der Waals surface area (Å²) in [5, 5.41) is 15.4. The molecule has 0 atom stereocenters. The van der Waals surface area contributed by atoms with Crippen molar-refractivity contribution in [3.05, 3.63) is 58.1 Å². The van der Waals surface area contributed by atoms with Gasteiger partial charge in [-0.3, -0.25) is 0 Å². The van der Waals surface area contributed by atoms with Gasteiger partial charge in [-0.2, -0.15) is 0 Å². The van der Waals surface area contributed by atoms with E-state index in [4.69, 9.17) is 14.6 Å². The van der Waals surface area contributed by atoms with E-state index in [1.54, 1.807) is 7.11 Å². The van der Waals surface area contributed by atoms with E-state index < -0.39 is 0 Å². The number of nitrogens with one attached hydrogen (secondary N) is 2. The number of hydrogen-bond acceptors (Lipinski definition) is 5. The number of ether oxygens (including phenoxy) is 2. The average Bonchev–Trinajstić information content (AvgIpc) is 2.66. The zero-order valence-electron chi connectivity index (χ0n) is 15.9. The summed E-state index contributed by atoms with van der Waals surface area (Å²) in [4.78, 5) is 0. The van der Waals surface area contributed by atoms with Crippen LogP contribution in [0.4, 0.5) is 0 Å². The molecule has 0 bridgehead atoms. The van der Waals surface area contributed by atoms with E-state index in [2.05, 4.69) is 32.6 Å². The summed E-state index contributed by atoms with van der Waals surface area (Å²) in [7, 11) is 1.65. The van der Waals surface area contributed by atoms with Crippen molar-refractivity contribution >= 4 is 40.7 Å². The summed E-state index contributed by atoms with van der Waals surface area (Å²) in [5.74, 6) is 1.49. The molecule has 0 amide bonds. The Morgan fingerprint density at radius 1 is 1.00 bits per heavy atom. The van der Waals surface area contributed by atoms with Gasteiger partial charge in [-0.15, -0.1) is 24.8 Å². The lowest BCUT2D eigenvalue weighted by Gasteiger charge is -2.16. The van der Waals surface area contributed by atoms with Crippen molar-refractivity contribution in [1.82, 2.24) is 10.6 Å². The Bertz CT molecular complexity index is 663. The Hall–Kier alpha value is -1.02. The lowest BCUT2D eigenvalue weighted by molar-refractivity contribution is 0.280. The first kappa shape index (κ1) is 27.0. The number of benzene rings is 2. The predicted molar refractivity (Wildman–Crippen MR) is 122 cm³/mol. The van der Waals surface area contributed by atoms with Crippen LogP contribution in [0, 0.1) is 0 Å². The van der Waals surface area contributed by atoms with E-state index in [0.29, 0.717) is 19.7 Å². The zero-order chi connectivity index (χ0) is 18.6. The molecule has 2 aromatic carbocycles. The van der Waals surface area contributed by atoms with Crippen LogP contribution in [-0.2, 0) is 13.2 Å². The van der Waals surface area contributed by atoms with E-state index in [1.165, 1.54) is 0 Å². The summed E-state index contributed by atoms with van der Waals surface area (Å²) in [6, 6.07) is 14.1. The SMILES string of the molecule is COc1cc(Br)cc(CNCCCNCCO)c1OCc1ccccc1.Cl.Cl. The number of methoxy groups -OCH3 is 1. The van der Waals surface area contributed by atoms with Crippen molar-refractivity contribution in [3.63, 3.8) is 0 Å². The minimum Gasteiger partial charge on any atom is -0.493 e. The molecule has 28 heavy (non-hydrogen) atoms. The van der Waals surface area contributed by atoms with E-state index in [-0.39, 0.29) is 31.4 Å². The lowest BCUT2D eigenvalue weighted by Crippen LogP contribution is -2.24. The Morgan fingerprint density at radius 2 is 1.71 bits per heavy atom. The van der Waals surface area contributed by atoms with E-state index >= 15 is 0 Å². The largest absolute Gasteiger partial charge is 0.493 e. The minimum absolute atomic E-state index is 0. The average molecular weight is 496 g/mol. The second kappa shape index (κ2) is 15.9. The molecule has 0 heterocycles. The fourth-order valence-electron chi connectivity index (χ4n) is 2.56. The minimum atomic E-state index is 0. The summed E-state index contributed by atoms with van der Waals surface area (Å²) in [5.41, 5.74) is 2.17. The summed E-state index contributed by atoms with van der Waals surface area (Å²) >= 11 is 3.54. The Morgan fingerprint density at radius 3 is 2.39 bits per heavy atom. The molecule has 158 valence electrons. The van der Waals surface area contributed by atoms with Gasteiger partial charge in [0.1, 0.15) is 6.61 Å². The van der Waals surface area contributed by atoms with Crippen LogP contribution in [0.1, 0.15) is 17.5 Å².